The summed E-state index contributed by atoms with van der Waals surface area (Å²) >= 11 is 0. The molecule has 4 aromatic rings. The number of nitrogens with one attached hydrogen (secondary N) is 1. The van der Waals surface area contributed by atoms with E-state index in [4.69, 9.17) is 13.9 Å². The minimum Gasteiger partial charge on any atom is -0.497 e. The monoisotopic (exact) mass is 427 g/mol. The van der Waals surface area contributed by atoms with E-state index in [2.05, 4.69) is 5.32 Å². The van der Waals surface area contributed by atoms with Gasteiger partial charge in [-0.1, -0.05) is 36.4 Å². The lowest BCUT2D eigenvalue weighted by molar-refractivity contribution is -0.111. The molecular formula is C27H25NO4. The molecule has 0 unspecified atom stereocenters. The molecule has 1 N–H and O–H groups in total. The number of benzene rings is 3. The van der Waals surface area contributed by atoms with E-state index in [0.717, 1.165) is 38.8 Å². The third kappa shape index (κ3) is 4.10. The van der Waals surface area contributed by atoms with Crippen LogP contribution < -0.4 is 14.8 Å². The number of furan rings is 1. The number of anilines is 1. The molecule has 32 heavy (non-hydrogen) atoms. The number of rotatable bonds is 6. The second kappa shape index (κ2) is 9.02. The lowest BCUT2D eigenvalue weighted by Gasteiger charge is -2.13. The van der Waals surface area contributed by atoms with Gasteiger partial charge in [0.2, 0.25) is 5.91 Å². The van der Waals surface area contributed by atoms with Gasteiger partial charge in [0.15, 0.2) is 0 Å². The number of carbonyl (C=O) groups excluding carboxylic acids is 1. The van der Waals surface area contributed by atoms with Crippen LogP contribution in [0, 0.1) is 6.92 Å². The molecule has 0 atom stereocenters. The normalized spacial score (nSPS) is 11.4. The van der Waals surface area contributed by atoms with Crippen LogP contribution in [-0.4, -0.2) is 20.1 Å². The molecule has 0 fully saturated rings. The number of allylic oxidation sites excluding steroid dienone is 1. The fraction of sp³-hybridized carbons (Fsp3) is 0.148. The molecule has 3 aromatic carbocycles. The quantitative estimate of drug-likeness (QED) is 0.358. The van der Waals surface area contributed by atoms with Gasteiger partial charge in [-0.25, -0.2) is 0 Å². The number of carbonyl (C=O) groups is 1. The average Bonchev–Trinajstić information content (AvgIpc) is 3.24. The predicted octanol–water partition coefficient (Wildman–Crippen LogP) is 6.47. The maximum absolute atomic E-state index is 12.7. The maximum atomic E-state index is 12.7. The van der Waals surface area contributed by atoms with Crippen LogP contribution in [0.3, 0.4) is 0 Å². The van der Waals surface area contributed by atoms with Gasteiger partial charge in [0.05, 0.1) is 20.5 Å². The fourth-order valence-electron chi connectivity index (χ4n) is 3.87. The lowest BCUT2D eigenvalue weighted by atomic mass is 9.96. The molecule has 0 aliphatic heterocycles. The topological polar surface area (TPSA) is 60.7 Å². The SMILES string of the molecule is COc1cccc(NC(=O)/C=C(\C)c2cc3c(-c4ccccc4)coc3c(C)c2OC)c1. The summed E-state index contributed by atoms with van der Waals surface area (Å²) in [6.45, 7) is 3.86. The average molecular weight is 428 g/mol. The maximum Gasteiger partial charge on any atom is 0.248 e. The van der Waals surface area contributed by atoms with E-state index in [0.29, 0.717) is 17.2 Å². The number of hydrogen-bond donors (Lipinski definition) is 1. The summed E-state index contributed by atoms with van der Waals surface area (Å²) < 4.78 is 16.8. The first-order chi connectivity index (χ1) is 15.5. The molecule has 0 saturated heterocycles. The molecule has 0 saturated carbocycles. The Morgan fingerprint density at radius 1 is 1.00 bits per heavy atom. The summed E-state index contributed by atoms with van der Waals surface area (Å²) in [6, 6.07) is 19.4. The van der Waals surface area contributed by atoms with Crippen LogP contribution in [0.5, 0.6) is 11.5 Å². The van der Waals surface area contributed by atoms with E-state index < -0.39 is 0 Å². The van der Waals surface area contributed by atoms with Gasteiger partial charge < -0.3 is 19.2 Å². The third-order valence-corrected chi connectivity index (χ3v) is 5.44. The number of hydrogen-bond acceptors (Lipinski definition) is 4. The first-order valence-electron chi connectivity index (χ1n) is 10.3. The minimum absolute atomic E-state index is 0.231. The largest absolute Gasteiger partial charge is 0.497 e. The molecule has 5 nitrogen and oxygen atoms in total. The summed E-state index contributed by atoms with van der Waals surface area (Å²) in [4.78, 5) is 12.7. The van der Waals surface area contributed by atoms with Crippen LogP contribution in [0.25, 0.3) is 27.7 Å². The standard InChI is InChI=1S/C27H25NO4/c1-17(13-25(29)28-20-11-8-12-21(14-20)30-3)22-15-23-24(19-9-6-5-7-10-19)16-32-27(23)18(2)26(22)31-4/h5-16H,1-4H3,(H,28,29)/b17-13+. The van der Waals surface area contributed by atoms with E-state index in [1.165, 1.54) is 0 Å². The number of amides is 1. The van der Waals surface area contributed by atoms with Crippen molar-refractivity contribution in [1.82, 2.24) is 0 Å². The summed E-state index contributed by atoms with van der Waals surface area (Å²) in [7, 11) is 3.22. The van der Waals surface area contributed by atoms with Crippen LogP contribution >= 0.6 is 0 Å². The highest BCUT2D eigenvalue weighted by atomic mass is 16.5. The van der Waals surface area contributed by atoms with Crippen molar-refractivity contribution >= 4 is 28.1 Å². The minimum atomic E-state index is -0.231. The van der Waals surface area contributed by atoms with Crippen molar-refractivity contribution in [1.29, 1.82) is 0 Å². The lowest BCUT2D eigenvalue weighted by Crippen LogP contribution is -2.08. The molecule has 0 spiro atoms. The summed E-state index contributed by atoms with van der Waals surface area (Å²) in [5.74, 6) is 1.14. The summed E-state index contributed by atoms with van der Waals surface area (Å²) in [6.07, 6.45) is 3.34. The van der Waals surface area contributed by atoms with Gasteiger partial charge in [-0.3, -0.25) is 4.79 Å². The van der Waals surface area contributed by atoms with E-state index in [1.54, 1.807) is 32.6 Å². The number of methoxy groups -OCH3 is 2. The fourth-order valence-corrected chi connectivity index (χ4v) is 3.87. The van der Waals surface area contributed by atoms with E-state index in [9.17, 15) is 4.79 Å². The molecule has 1 heterocycles. The molecule has 0 radical (unpaired) electrons. The van der Waals surface area contributed by atoms with E-state index >= 15 is 0 Å². The molecule has 4 rings (SSSR count). The van der Waals surface area contributed by atoms with Gasteiger partial charge in [0, 0.05) is 39.9 Å². The molecule has 1 aromatic heterocycles. The van der Waals surface area contributed by atoms with E-state index in [1.807, 2.05) is 68.4 Å². The summed E-state index contributed by atoms with van der Waals surface area (Å²) in [5, 5.41) is 3.86. The second-order valence-corrected chi connectivity index (χ2v) is 7.52. The molecule has 0 bridgehead atoms. The molecule has 0 aliphatic rings. The Bertz CT molecular complexity index is 1300. The van der Waals surface area contributed by atoms with Gasteiger partial charge in [0.25, 0.3) is 0 Å². The Morgan fingerprint density at radius 3 is 2.50 bits per heavy atom. The Morgan fingerprint density at radius 2 is 1.78 bits per heavy atom. The smallest absolute Gasteiger partial charge is 0.248 e. The molecule has 162 valence electrons. The van der Waals surface area contributed by atoms with Crippen molar-refractivity contribution in [2.24, 2.45) is 0 Å². The van der Waals surface area contributed by atoms with Crippen LogP contribution in [0.4, 0.5) is 5.69 Å². The van der Waals surface area contributed by atoms with Crippen molar-refractivity contribution in [3.8, 4) is 22.6 Å². The predicted molar refractivity (Wildman–Crippen MR) is 128 cm³/mol. The van der Waals surface area contributed by atoms with Gasteiger partial charge in [-0.15, -0.1) is 0 Å². The van der Waals surface area contributed by atoms with Crippen molar-refractivity contribution in [2.45, 2.75) is 13.8 Å². The zero-order chi connectivity index (χ0) is 22.7. The zero-order valence-electron chi connectivity index (χ0n) is 18.6. The molecular weight excluding hydrogens is 402 g/mol. The van der Waals surface area contributed by atoms with Gasteiger partial charge in [-0.05, 0) is 43.2 Å². The van der Waals surface area contributed by atoms with Crippen LogP contribution in [-0.2, 0) is 4.79 Å². The molecule has 1 amide bonds. The third-order valence-electron chi connectivity index (χ3n) is 5.44. The Balaban J connectivity index is 1.74. The number of ether oxygens (including phenoxy) is 2. The Labute approximate surface area is 187 Å². The van der Waals surface area contributed by atoms with Crippen LogP contribution in [0.2, 0.25) is 0 Å². The van der Waals surface area contributed by atoms with Gasteiger partial charge in [-0.2, -0.15) is 0 Å². The molecule has 0 aliphatic carbocycles. The highest BCUT2D eigenvalue weighted by Crippen LogP contribution is 2.40. The van der Waals surface area contributed by atoms with Crippen molar-refractivity contribution in [3.05, 3.63) is 84.1 Å². The van der Waals surface area contributed by atoms with Crippen molar-refractivity contribution < 1.29 is 18.7 Å². The van der Waals surface area contributed by atoms with Gasteiger partial charge >= 0.3 is 0 Å². The van der Waals surface area contributed by atoms with Crippen molar-refractivity contribution in [3.63, 3.8) is 0 Å². The first-order valence-corrected chi connectivity index (χ1v) is 10.3. The van der Waals surface area contributed by atoms with Crippen LogP contribution in [0.15, 0.2) is 77.4 Å². The molecule has 5 heteroatoms. The Hall–Kier alpha value is -3.99. The van der Waals surface area contributed by atoms with Crippen LogP contribution in [0.1, 0.15) is 18.1 Å². The van der Waals surface area contributed by atoms with Gasteiger partial charge in [0.1, 0.15) is 17.1 Å². The Kier molecular flexibility index (Phi) is 5.99. The highest BCUT2D eigenvalue weighted by molar-refractivity contribution is 6.06. The highest BCUT2D eigenvalue weighted by Gasteiger charge is 2.18. The number of aryl methyl sites for hydroxylation is 1. The van der Waals surface area contributed by atoms with E-state index in [-0.39, 0.29) is 5.91 Å². The zero-order valence-corrected chi connectivity index (χ0v) is 18.6. The summed E-state index contributed by atoms with van der Waals surface area (Å²) in [5.41, 5.74) is 6.03. The number of fused-ring (bicyclic) bond motifs is 1. The second-order valence-electron chi connectivity index (χ2n) is 7.52. The first kappa shape index (κ1) is 21.2. The van der Waals surface area contributed by atoms with Crippen molar-refractivity contribution in [2.75, 3.05) is 19.5 Å².